The van der Waals surface area contributed by atoms with Gasteiger partial charge in [-0.1, -0.05) is 394 Å². The maximum absolute atomic E-state index is 6.78. The lowest BCUT2D eigenvalue weighted by Crippen LogP contribution is -2.00. The second-order valence-corrected chi connectivity index (χ2v) is 38.1. The highest BCUT2D eigenvalue weighted by atomic mass is 16.3. The summed E-state index contributed by atoms with van der Waals surface area (Å²) in [4.78, 5) is 30.4. The number of furan rings is 3. The van der Waals surface area contributed by atoms with Crippen molar-refractivity contribution in [2.45, 2.75) is 0 Å². The monoisotopic (exact) mass is 1920 g/mol. The summed E-state index contributed by atoms with van der Waals surface area (Å²) >= 11 is 0. The Balaban J connectivity index is 0.000000106. The van der Waals surface area contributed by atoms with E-state index in [0.29, 0.717) is 23.3 Å². The van der Waals surface area contributed by atoms with E-state index in [1.54, 1.807) is 0 Å². The molecule has 0 N–H and O–H groups in total. The smallest absolute Gasteiger partial charge is 0.164 e. The summed E-state index contributed by atoms with van der Waals surface area (Å²) < 4.78 is 27.4. The van der Waals surface area contributed by atoms with E-state index in [4.69, 9.17) is 43.2 Å². The highest BCUT2D eigenvalue weighted by Crippen LogP contribution is 2.52. The minimum Gasteiger partial charge on any atom is -0.454 e. The molecule has 0 radical (unpaired) electrons. The fraction of sp³-hybridized carbons (Fsp3) is 0. The van der Waals surface area contributed by atoms with Crippen LogP contribution in [0.15, 0.2) is 529 Å². The topological polar surface area (TPSA) is 132 Å². The number of hydrogen-bond donors (Lipinski definition) is 0. The van der Waals surface area contributed by atoms with Gasteiger partial charge in [-0.25, -0.2) is 29.9 Å². The number of para-hydroxylation sites is 6. The Bertz CT molecular complexity index is 10200. The van der Waals surface area contributed by atoms with Gasteiger partial charge in [0.1, 0.15) is 16.7 Å². The largest absolute Gasteiger partial charge is 0.454 e. The maximum Gasteiger partial charge on any atom is 0.164 e. The summed E-state index contributed by atoms with van der Waals surface area (Å²) in [7, 11) is 0. The highest BCUT2D eigenvalue weighted by molar-refractivity contribution is 6.38. The minimum absolute atomic E-state index is 0.624. The lowest BCUT2D eigenvalue weighted by Gasteiger charge is -2.11. The van der Waals surface area contributed by atoms with Crippen LogP contribution in [0.5, 0.6) is 0 Å². The summed E-state index contributed by atoms with van der Waals surface area (Å²) in [5.74, 6) is 2.59. The maximum atomic E-state index is 6.78. The molecule has 0 aliphatic heterocycles. The predicted molar refractivity (Wildman–Crippen MR) is 618 cm³/mol. The second-order valence-electron chi connectivity index (χ2n) is 38.1. The van der Waals surface area contributed by atoms with Crippen molar-refractivity contribution in [1.29, 1.82) is 0 Å². The van der Waals surface area contributed by atoms with E-state index in [1.165, 1.54) is 48.7 Å². The van der Waals surface area contributed by atoms with Gasteiger partial charge in [0.05, 0.1) is 55.9 Å². The predicted octanol–water partition coefficient (Wildman–Crippen LogP) is 36.5. The average molecular weight is 1920 g/mol. The Kier molecular flexibility index (Phi) is 20.7. The molecule has 700 valence electrons. The van der Waals surface area contributed by atoms with Gasteiger partial charge in [-0.05, 0) is 176 Å². The molecule has 0 unspecified atom stereocenters. The number of pyridine rings is 1. The van der Waals surface area contributed by atoms with Crippen molar-refractivity contribution in [2.24, 2.45) is 0 Å². The van der Waals surface area contributed by atoms with E-state index in [2.05, 4.69) is 402 Å². The molecule has 12 nitrogen and oxygen atoms in total. The zero-order valence-electron chi connectivity index (χ0n) is 80.8. The molecule has 31 rings (SSSR count). The van der Waals surface area contributed by atoms with Crippen LogP contribution in [0.1, 0.15) is 0 Å². The van der Waals surface area contributed by atoms with Gasteiger partial charge in [-0.3, -0.25) is 0 Å². The Labute approximate surface area is 859 Å². The molecule has 0 saturated heterocycles. The van der Waals surface area contributed by atoms with Gasteiger partial charge in [0.15, 0.2) is 40.0 Å². The van der Waals surface area contributed by atoms with Gasteiger partial charge in [-0.2, -0.15) is 0 Å². The molecular formula is C138H85N9O3. The van der Waals surface area contributed by atoms with Gasteiger partial charge in [0.25, 0.3) is 0 Å². The van der Waals surface area contributed by atoms with Gasteiger partial charge in [0, 0.05) is 126 Å². The molecule has 22 aromatic carbocycles. The molecule has 31 aromatic rings. The van der Waals surface area contributed by atoms with E-state index in [9.17, 15) is 0 Å². The summed E-state index contributed by atoms with van der Waals surface area (Å²) in [5, 5.41) is 20.9. The summed E-state index contributed by atoms with van der Waals surface area (Å²) in [6, 6.07) is 180. The normalized spacial score (nSPS) is 11.7. The number of rotatable bonds is 13. The molecule has 12 heteroatoms. The van der Waals surface area contributed by atoms with Crippen molar-refractivity contribution in [3.8, 4) is 130 Å². The second kappa shape index (κ2) is 35.9. The van der Waals surface area contributed by atoms with Crippen LogP contribution in [0, 0.1) is 0 Å². The summed E-state index contributed by atoms with van der Waals surface area (Å²) in [6.45, 7) is 0. The van der Waals surface area contributed by atoms with Gasteiger partial charge in [0.2, 0.25) is 0 Å². The van der Waals surface area contributed by atoms with Gasteiger partial charge in [-0.15, -0.1) is 0 Å². The lowest BCUT2D eigenvalue weighted by atomic mass is 9.96. The van der Waals surface area contributed by atoms with E-state index in [-0.39, 0.29) is 0 Å². The van der Waals surface area contributed by atoms with Crippen LogP contribution in [0.2, 0.25) is 0 Å². The van der Waals surface area contributed by atoms with Crippen molar-refractivity contribution >= 4 is 164 Å². The SMILES string of the molecule is c1ccc(-c2cc(-c3ccc(-c4ccc5c(c4)c4c6ccccc6c6c7ccccc7oc6c4n5-c4ccccc4)cc3)cc(-c3ccccc3)n2)cc1.c1ccc(-c2cc(-c3ccccc3)nc(-c3ccc4c(c3)c3c5ccccc5c5c6ccccc6oc5c3n4-c3ccccc3)n2)cc1.c1ccc(-c2nc(-c3ccccc3)nc(-c3ccc4c(c3)c3c5ccccc5c5c6ccccc6oc5c3n4-c3ccccc3)n2)cc1. The molecule has 0 atom stereocenters. The van der Waals surface area contributed by atoms with Crippen LogP contribution in [0.25, 0.3) is 293 Å². The average Bonchev–Trinajstić information content (AvgIpc) is 1.54. The van der Waals surface area contributed by atoms with E-state index in [0.717, 1.165) is 221 Å². The van der Waals surface area contributed by atoms with Crippen LogP contribution >= 0.6 is 0 Å². The number of fused-ring (bicyclic) bond motifs is 30. The molecular weight excluding hydrogens is 1830 g/mol. The molecule has 0 aliphatic rings. The molecule has 0 spiro atoms. The first-order valence-corrected chi connectivity index (χ1v) is 50.6. The van der Waals surface area contributed by atoms with Crippen LogP contribution in [0.4, 0.5) is 0 Å². The van der Waals surface area contributed by atoms with Gasteiger partial charge >= 0.3 is 0 Å². The minimum atomic E-state index is 0.624. The Hall–Kier alpha value is -20.3. The van der Waals surface area contributed by atoms with Crippen molar-refractivity contribution in [3.05, 3.63) is 516 Å². The van der Waals surface area contributed by atoms with Crippen LogP contribution in [-0.2, 0) is 0 Å². The molecule has 0 saturated carbocycles. The van der Waals surface area contributed by atoms with Crippen molar-refractivity contribution in [2.75, 3.05) is 0 Å². The fourth-order valence-electron chi connectivity index (χ4n) is 22.6. The third-order valence-electron chi connectivity index (χ3n) is 29.4. The quantitative estimate of drug-likeness (QED) is 0.111. The van der Waals surface area contributed by atoms with Crippen LogP contribution < -0.4 is 0 Å². The Morgan fingerprint density at radius 1 is 0.140 bits per heavy atom. The highest BCUT2D eigenvalue weighted by Gasteiger charge is 2.30. The Morgan fingerprint density at radius 3 is 0.680 bits per heavy atom. The fourth-order valence-corrected chi connectivity index (χ4v) is 22.6. The molecule has 0 amide bonds. The molecule has 9 aromatic heterocycles. The first-order valence-electron chi connectivity index (χ1n) is 50.6. The van der Waals surface area contributed by atoms with E-state index < -0.39 is 0 Å². The first-order chi connectivity index (χ1) is 74.4. The molecule has 0 bridgehead atoms. The third-order valence-corrected chi connectivity index (χ3v) is 29.4. The molecule has 150 heavy (non-hydrogen) atoms. The van der Waals surface area contributed by atoms with Crippen molar-refractivity contribution in [3.63, 3.8) is 0 Å². The van der Waals surface area contributed by atoms with Crippen molar-refractivity contribution in [1.82, 2.24) is 43.6 Å². The van der Waals surface area contributed by atoms with Crippen molar-refractivity contribution < 1.29 is 13.3 Å². The summed E-state index contributed by atoms with van der Waals surface area (Å²) in [6.07, 6.45) is 0. The van der Waals surface area contributed by atoms with Crippen LogP contribution in [0.3, 0.4) is 0 Å². The Morgan fingerprint density at radius 2 is 0.367 bits per heavy atom. The first kappa shape index (κ1) is 86.3. The zero-order chi connectivity index (χ0) is 98.8. The van der Waals surface area contributed by atoms with Crippen LogP contribution in [-0.4, -0.2) is 43.6 Å². The number of hydrogen-bond acceptors (Lipinski definition) is 9. The zero-order valence-corrected chi connectivity index (χ0v) is 80.8. The lowest BCUT2D eigenvalue weighted by molar-refractivity contribution is 0.671. The van der Waals surface area contributed by atoms with Gasteiger partial charge < -0.3 is 27.0 Å². The van der Waals surface area contributed by atoms with E-state index in [1.807, 2.05) is 127 Å². The number of nitrogens with zero attached hydrogens (tertiary/aromatic N) is 9. The molecule has 9 heterocycles. The van der Waals surface area contributed by atoms with E-state index >= 15 is 0 Å². The molecule has 0 fully saturated rings. The third kappa shape index (κ3) is 14.6. The standard InChI is InChI=1S/C51H32N2O.C44H27N3O.C43H26N4O/c1-4-14-35(15-5-1)44-31-38(32-45(52-44)36-16-6-2-7-17-36)34-26-24-33(25-27-34)37-28-29-46-43(30-37)48-40-20-10-11-21-41(40)49-42-22-12-13-23-47(42)54-51(49)50(48)53(46)39-18-8-3-9-19-39;1-4-14-28(15-5-1)36-27-37(29-16-6-2-7-17-29)46-44(45-36)30-24-25-38-35(26-30)40-32-20-10-11-21-33(32)41-34-22-12-13-23-39(34)48-43(41)42(40)47(38)31-18-8-3-9-19-31;1-4-14-27(15-5-1)41-44-42(28-16-6-2-7-17-28)46-43(45-41)29-24-25-35-34(26-29)37-31-20-10-11-21-32(31)38-33-22-12-13-23-36(33)48-40(38)39(37)47(35)30-18-8-3-9-19-30/h1-32H;1-27H;1-26H. The number of benzene rings is 22. The summed E-state index contributed by atoms with van der Waals surface area (Å²) in [5.41, 5.74) is 31.5. The number of aromatic nitrogens is 9. The molecule has 0 aliphatic carbocycles.